The molecule has 4 rings (SSSR count). The van der Waals surface area contributed by atoms with Gasteiger partial charge in [0, 0.05) is 30.5 Å². The maximum absolute atomic E-state index is 12.7. The first kappa shape index (κ1) is 22.0. The summed E-state index contributed by atoms with van der Waals surface area (Å²) in [4.78, 5) is 21.3. The van der Waals surface area contributed by atoms with Crippen LogP contribution in [0.4, 0.5) is 5.13 Å². The molecule has 0 aromatic carbocycles. The summed E-state index contributed by atoms with van der Waals surface area (Å²) in [6, 6.07) is 7.62. The maximum Gasteiger partial charge on any atom is 0.274 e. The number of pyridine rings is 1. The second kappa shape index (κ2) is 11.5. The normalized spacial score (nSPS) is 14.3. The molecular weight excluding hydrogens is 392 g/mol. The predicted octanol–water partition coefficient (Wildman–Crippen LogP) is 6.26. The zero-order valence-electron chi connectivity index (χ0n) is 17.8. The Labute approximate surface area is 182 Å². The highest BCUT2D eigenvalue weighted by Crippen LogP contribution is 2.26. The van der Waals surface area contributed by atoms with Crippen molar-refractivity contribution < 1.29 is 4.79 Å². The lowest BCUT2D eigenvalue weighted by Gasteiger charge is -2.17. The van der Waals surface area contributed by atoms with Gasteiger partial charge in [-0.05, 0) is 54.7 Å². The van der Waals surface area contributed by atoms with Crippen LogP contribution in [0.3, 0.4) is 0 Å². The molecule has 1 saturated carbocycles. The third-order valence-electron chi connectivity index (χ3n) is 5.10. The van der Waals surface area contributed by atoms with Crippen molar-refractivity contribution in [1.82, 2.24) is 14.5 Å². The Morgan fingerprint density at radius 1 is 1.20 bits per heavy atom. The number of aromatic nitrogens is 3. The predicted molar refractivity (Wildman–Crippen MR) is 125 cm³/mol. The van der Waals surface area contributed by atoms with E-state index in [1.165, 1.54) is 43.4 Å². The third-order valence-corrected chi connectivity index (χ3v) is 5.87. The third kappa shape index (κ3) is 6.13. The van der Waals surface area contributed by atoms with Crippen LogP contribution in [-0.4, -0.2) is 20.4 Å². The molecule has 6 heteroatoms. The molecule has 0 radical (unpaired) electrons. The second-order valence-corrected chi connectivity index (χ2v) is 8.02. The molecule has 5 nitrogen and oxygen atoms in total. The van der Waals surface area contributed by atoms with Crippen LogP contribution in [0.5, 0.6) is 0 Å². The van der Waals surface area contributed by atoms with Gasteiger partial charge in [-0.3, -0.25) is 15.1 Å². The highest BCUT2D eigenvalue weighted by molar-refractivity contribution is 7.14. The molecule has 0 saturated heterocycles. The molecule has 1 aliphatic carbocycles. The molecule has 0 unspecified atom stereocenters. The minimum absolute atomic E-state index is 0.142. The fourth-order valence-corrected chi connectivity index (χ4v) is 4.26. The summed E-state index contributed by atoms with van der Waals surface area (Å²) in [7, 11) is 0. The summed E-state index contributed by atoms with van der Waals surface area (Å²) in [6.45, 7) is 4.63. The van der Waals surface area contributed by atoms with Crippen LogP contribution in [0.25, 0.3) is 6.08 Å². The average molecular weight is 423 g/mol. The number of carbonyl (C=O) groups excluding carboxylic acids is 1. The summed E-state index contributed by atoms with van der Waals surface area (Å²) in [5, 5.41) is 5.55. The molecule has 3 heterocycles. The van der Waals surface area contributed by atoms with Crippen LogP contribution in [0.15, 0.2) is 54.3 Å². The Balaban J connectivity index is 0.00000124. The summed E-state index contributed by atoms with van der Waals surface area (Å²) in [5.74, 6) is 0.529. The van der Waals surface area contributed by atoms with Gasteiger partial charge in [0.05, 0.1) is 5.69 Å². The van der Waals surface area contributed by atoms with E-state index in [2.05, 4.69) is 27.4 Å². The van der Waals surface area contributed by atoms with Crippen molar-refractivity contribution in [2.75, 3.05) is 5.32 Å². The summed E-state index contributed by atoms with van der Waals surface area (Å²) >= 11 is 1.46. The number of allylic oxidation sites excluding steroid dienone is 1. The lowest BCUT2D eigenvalue weighted by Crippen LogP contribution is -2.17. The molecule has 158 valence electrons. The number of carbonyl (C=O) groups is 1. The number of thiazole rings is 1. The van der Waals surface area contributed by atoms with Crippen molar-refractivity contribution in [1.29, 1.82) is 0 Å². The molecule has 0 aliphatic heterocycles. The van der Waals surface area contributed by atoms with E-state index >= 15 is 0 Å². The van der Waals surface area contributed by atoms with E-state index in [4.69, 9.17) is 0 Å². The lowest BCUT2D eigenvalue weighted by molar-refractivity contribution is 0.101. The van der Waals surface area contributed by atoms with Crippen LogP contribution in [0.1, 0.15) is 67.7 Å². The SMILES string of the molecule is CC.O=C(Nc1nc(/C=C/C2CCCCC2)cs1)c1cccn1Cc1ccncc1. The molecule has 0 atom stereocenters. The van der Waals surface area contributed by atoms with Gasteiger partial charge in [0.15, 0.2) is 5.13 Å². The molecule has 30 heavy (non-hydrogen) atoms. The van der Waals surface area contributed by atoms with Gasteiger partial charge in [-0.1, -0.05) is 39.2 Å². The quantitative estimate of drug-likeness (QED) is 0.510. The first-order valence-corrected chi connectivity index (χ1v) is 11.6. The topological polar surface area (TPSA) is 59.8 Å². The van der Waals surface area contributed by atoms with Gasteiger partial charge in [-0.15, -0.1) is 11.3 Å². The van der Waals surface area contributed by atoms with E-state index in [1.54, 1.807) is 12.4 Å². The van der Waals surface area contributed by atoms with Gasteiger partial charge in [0.2, 0.25) is 0 Å². The van der Waals surface area contributed by atoms with E-state index < -0.39 is 0 Å². The summed E-state index contributed by atoms with van der Waals surface area (Å²) in [6.07, 6.45) is 16.4. The van der Waals surface area contributed by atoms with Gasteiger partial charge in [-0.2, -0.15) is 0 Å². The van der Waals surface area contributed by atoms with Crippen molar-refractivity contribution >= 4 is 28.5 Å². The monoisotopic (exact) mass is 422 g/mol. The molecule has 1 amide bonds. The van der Waals surface area contributed by atoms with E-state index in [9.17, 15) is 4.79 Å². The Bertz CT molecular complexity index is 939. The van der Waals surface area contributed by atoms with Gasteiger partial charge >= 0.3 is 0 Å². The molecule has 0 bridgehead atoms. The van der Waals surface area contributed by atoms with Gasteiger partial charge in [-0.25, -0.2) is 4.98 Å². The van der Waals surface area contributed by atoms with Crippen LogP contribution in [0, 0.1) is 5.92 Å². The fourth-order valence-electron chi connectivity index (χ4n) is 3.59. The van der Waals surface area contributed by atoms with Gasteiger partial charge < -0.3 is 4.57 Å². The van der Waals surface area contributed by atoms with Crippen LogP contribution < -0.4 is 5.32 Å². The van der Waals surface area contributed by atoms with E-state index in [0.717, 1.165) is 11.3 Å². The van der Waals surface area contributed by atoms with Crippen LogP contribution in [-0.2, 0) is 6.54 Å². The van der Waals surface area contributed by atoms with E-state index in [0.29, 0.717) is 23.3 Å². The fraction of sp³-hybridized carbons (Fsp3) is 0.375. The highest BCUT2D eigenvalue weighted by atomic mass is 32.1. The Morgan fingerprint density at radius 2 is 1.97 bits per heavy atom. The smallest absolute Gasteiger partial charge is 0.274 e. The highest BCUT2D eigenvalue weighted by Gasteiger charge is 2.14. The Hall–Kier alpha value is -2.73. The number of anilines is 1. The van der Waals surface area contributed by atoms with E-state index in [-0.39, 0.29) is 5.91 Å². The van der Waals surface area contributed by atoms with Gasteiger partial charge in [0.25, 0.3) is 5.91 Å². The van der Waals surface area contributed by atoms with Crippen molar-refractivity contribution in [3.8, 4) is 0 Å². The van der Waals surface area contributed by atoms with Crippen LogP contribution >= 0.6 is 11.3 Å². The first-order chi connectivity index (χ1) is 14.8. The minimum atomic E-state index is -0.142. The zero-order chi connectivity index (χ0) is 21.2. The van der Waals surface area contributed by atoms with E-state index in [1.807, 2.05) is 54.3 Å². The molecule has 1 aliphatic rings. The number of hydrogen-bond acceptors (Lipinski definition) is 4. The number of amides is 1. The molecule has 1 fully saturated rings. The Kier molecular flexibility index (Phi) is 8.39. The maximum atomic E-state index is 12.7. The summed E-state index contributed by atoms with van der Waals surface area (Å²) in [5.41, 5.74) is 2.63. The molecule has 3 aromatic heterocycles. The van der Waals surface area contributed by atoms with Crippen molar-refractivity contribution in [3.63, 3.8) is 0 Å². The zero-order valence-corrected chi connectivity index (χ0v) is 18.6. The standard InChI is InChI=1S/C22H24N4OS.C2H6/c27-21(20-7-4-14-26(20)15-18-10-12-23-13-11-18)25-22-24-19(16-28-22)9-8-17-5-2-1-3-6-17;1-2/h4,7-14,16-17H,1-3,5-6,15H2,(H,24,25,27);1-2H3/b9-8+;. The molecule has 0 spiro atoms. The number of rotatable bonds is 6. The molecule has 3 aromatic rings. The average Bonchev–Trinajstić information content (AvgIpc) is 3.44. The number of hydrogen-bond donors (Lipinski definition) is 1. The number of nitrogens with zero attached hydrogens (tertiary/aromatic N) is 3. The molecular formula is C24H30N4OS. The minimum Gasteiger partial charge on any atom is -0.339 e. The summed E-state index contributed by atoms with van der Waals surface area (Å²) < 4.78 is 1.93. The molecule has 1 N–H and O–H groups in total. The second-order valence-electron chi connectivity index (χ2n) is 7.17. The first-order valence-electron chi connectivity index (χ1n) is 10.8. The van der Waals surface area contributed by atoms with Crippen molar-refractivity contribution in [3.05, 3.63) is 71.3 Å². The Morgan fingerprint density at radius 3 is 2.73 bits per heavy atom. The van der Waals surface area contributed by atoms with Crippen LogP contribution in [0.2, 0.25) is 0 Å². The van der Waals surface area contributed by atoms with Gasteiger partial charge in [0.1, 0.15) is 5.69 Å². The van der Waals surface area contributed by atoms with Crippen molar-refractivity contribution in [2.24, 2.45) is 5.92 Å². The van der Waals surface area contributed by atoms with Crippen molar-refractivity contribution in [2.45, 2.75) is 52.5 Å². The lowest BCUT2D eigenvalue weighted by atomic mass is 9.89. The number of nitrogens with one attached hydrogen (secondary N) is 1. The largest absolute Gasteiger partial charge is 0.339 e.